The number of aromatic nitrogens is 2. The number of pyridine rings is 1. The maximum absolute atomic E-state index is 5.64. The van der Waals surface area contributed by atoms with Gasteiger partial charge in [0.1, 0.15) is 5.65 Å². The number of imidazole rings is 1. The Morgan fingerprint density at radius 1 is 1.40 bits per heavy atom. The van der Waals surface area contributed by atoms with Crippen molar-refractivity contribution in [3.8, 4) is 0 Å². The van der Waals surface area contributed by atoms with Crippen molar-refractivity contribution in [1.29, 1.82) is 0 Å². The minimum atomic E-state index is 0.0789. The summed E-state index contributed by atoms with van der Waals surface area (Å²) in [7, 11) is 0. The number of nitrogens with zero attached hydrogens (tertiary/aromatic N) is 2. The van der Waals surface area contributed by atoms with E-state index in [1.807, 2.05) is 24.4 Å². The summed E-state index contributed by atoms with van der Waals surface area (Å²) in [5.41, 5.74) is 7.94. The molecule has 0 aliphatic heterocycles. The van der Waals surface area contributed by atoms with E-state index in [2.05, 4.69) is 29.4 Å². The summed E-state index contributed by atoms with van der Waals surface area (Å²) in [6, 6.07) is 6.04. The zero-order chi connectivity index (χ0) is 10.9. The molecule has 15 heavy (non-hydrogen) atoms. The lowest BCUT2D eigenvalue weighted by molar-refractivity contribution is 0.470. The lowest BCUT2D eigenvalue weighted by atomic mass is 9.86. The van der Waals surface area contributed by atoms with Crippen LogP contribution >= 0.6 is 0 Å². The molecule has 2 N–H and O–H groups in total. The minimum absolute atomic E-state index is 0.0789. The van der Waals surface area contributed by atoms with Crippen LogP contribution in [0.15, 0.2) is 30.6 Å². The Morgan fingerprint density at radius 3 is 2.93 bits per heavy atom. The van der Waals surface area contributed by atoms with Crippen LogP contribution in [0.3, 0.4) is 0 Å². The molecule has 0 aromatic carbocycles. The molecule has 2 aromatic rings. The molecule has 0 bridgehead atoms. The zero-order valence-electron chi connectivity index (χ0n) is 9.27. The van der Waals surface area contributed by atoms with Gasteiger partial charge < -0.3 is 10.1 Å². The molecule has 0 radical (unpaired) electrons. The zero-order valence-corrected chi connectivity index (χ0v) is 9.27. The van der Waals surface area contributed by atoms with Gasteiger partial charge in [0.2, 0.25) is 0 Å². The van der Waals surface area contributed by atoms with Crippen LogP contribution in [0.25, 0.3) is 5.65 Å². The molecule has 0 unspecified atom stereocenters. The first kappa shape index (κ1) is 10.2. The molecule has 2 heterocycles. The van der Waals surface area contributed by atoms with Gasteiger partial charge in [-0.15, -0.1) is 0 Å². The Labute approximate surface area is 89.9 Å². The highest BCUT2D eigenvalue weighted by Gasteiger charge is 2.23. The molecule has 2 rings (SSSR count). The lowest BCUT2D eigenvalue weighted by Gasteiger charge is -2.23. The highest BCUT2D eigenvalue weighted by atomic mass is 15.0. The average molecular weight is 203 g/mol. The second-order valence-electron chi connectivity index (χ2n) is 4.49. The molecule has 3 heteroatoms. The van der Waals surface area contributed by atoms with Crippen molar-refractivity contribution in [3.05, 3.63) is 36.3 Å². The van der Waals surface area contributed by atoms with E-state index in [9.17, 15) is 0 Å². The fraction of sp³-hybridized carbons (Fsp3) is 0.417. The molecule has 0 aliphatic carbocycles. The first-order chi connectivity index (χ1) is 7.15. The van der Waals surface area contributed by atoms with E-state index in [-0.39, 0.29) is 5.41 Å². The fourth-order valence-electron chi connectivity index (χ4n) is 1.92. The molecule has 0 aliphatic rings. The molecular weight excluding hydrogens is 186 g/mol. The lowest BCUT2D eigenvalue weighted by Crippen LogP contribution is -2.23. The smallest absolute Gasteiger partial charge is 0.136 e. The Kier molecular flexibility index (Phi) is 2.49. The largest absolute Gasteiger partial charge is 0.330 e. The molecular formula is C12H17N3. The maximum Gasteiger partial charge on any atom is 0.136 e. The van der Waals surface area contributed by atoms with Crippen molar-refractivity contribution < 1.29 is 0 Å². The first-order valence-electron chi connectivity index (χ1n) is 5.28. The van der Waals surface area contributed by atoms with Crippen molar-refractivity contribution >= 4 is 5.65 Å². The highest BCUT2D eigenvalue weighted by Crippen LogP contribution is 2.26. The Balaban J connectivity index is 2.52. The summed E-state index contributed by atoms with van der Waals surface area (Å²) >= 11 is 0. The SMILES string of the molecule is CC(C)(CCN)c1cnc2ccccn12. The summed E-state index contributed by atoms with van der Waals surface area (Å²) in [6.07, 6.45) is 4.97. The van der Waals surface area contributed by atoms with E-state index < -0.39 is 0 Å². The van der Waals surface area contributed by atoms with Crippen molar-refractivity contribution in [2.75, 3.05) is 6.54 Å². The van der Waals surface area contributed by atoms with Crippen LogP contribution in [0, 0.1) is 0 Å². The van der Waals surface area contributed by atoms with Gasteiger partial charge in [0.25, 0.3) is 0 Å². The molecule has 2 aromatic heterocycles. The molecule has 0 saturated carbocycles. The third-order valence-electron chi connectivity index (χ3n) is 2.88. The van der Waals surface area contributed by atoms with Gasteiger partial charge in [-0.1, -0.05) is 19.9 Å². The van der Waals surface area contributed by atoms with Crippen molar-refractivity contribution in [1.82, 2.24) is 9.38 Å². The number of hydrogen-bond acceptors (Lipinski definition) is 2. The molecule has 0 fully saturated rings. The molecule has 80 valence electrons. The third-order valence-corrected chi connectivity index (χ3v) is 2.88. The quantitative estimate of drug-likeness (QED) is 0.828. The maximum atomic E-state index is 5.64. The van der Waals surface area contributed by atoms with Crippen molar-refractivity contribution in [2.24, 2.45) is 5.73 Å². The Bertz CT molecular complexity index is 457. The highest BCUT2D eigenvalue weighted by molar-refractivity contribution is 5.41. The van der Waals surface area contributed by atoms with Gasteiger partial charge >= 0.3 is 0 Å². The van der Waals surface area contributed by atoms with Crippen LogP contribution in [-0.4, -0.2) is 15.9 Å². The minimum Gasteiger partial charge on any atom is -0.330 e. The van der Waals surface area contributed by atoms with Crippen molar-refractivity contribution in [2.45, 2.75) is 25.7 Å². The standard InChI is InChI=1S/C12H17N3/c1-12(2,6-7-13)10-9-14-11-5-3-4-8-15(10)11/h3-5,8-9H,6-7,13H2,1-2H3. The third kappa shape index (κ3) is 1.75. The first-order valence-corrected chi connectivity index (χ1v) is 5.28. The van der Waals surface area contributed by atoms with Crippen LogP contribution in [-0.2, 0) is 5.41 Å². The molecule has 0 amide bonds. The fourth-order valence-corrected chi connectivity index (χ4v) is 1.92. The van der Waals surface area contributed by atoms with E-state index in [0.29, 0.717) is 6.54 Å². The van der Waals surface area contributed by atoms with E-state index in [4.69, 9.17) is 5.73 Å². The summed E-state index contributed by atoms with van der Waals surface area (Å²) < 4.78 is 2.13. The van der Waals surface area contributed by atoms with Crippen LogP contribution in [0.5, 0.6) is 0 Å². The topological polar surface area (TPSA) is 43.3 Å². The van der Waals surface area contributed by atoms with E-state index in [1.165, 1.54) is 5.69 Å². The Morgan fingerprint density at radius 2 is 2.20 bits per heavy atom. The summed E-state index contributed by atoms with van der Waals surface area (Å²) in [6.45, 7) is 5.11. The van der Waals surface area contributed by atoms with Gasteiger partial charge in [0, 0.05) is 23.5 Å². The van der Waals surface area contributed by atoms with Gasteiger partial charge in [0.15, 0.2) is 0 Å². The molecule has 0 atom stereocenters. The van der Waals surface area contributed by atoms with Gasteiger partial charge in [-0.3, -0.25) is 0 Å². The average Bonchev–Trinajstić information content (AvgIpc) is 2.61. The van der Waals surface area contributed by atoms with E-state index >= 15 is 0 Å². The molecule has 0 spiro atoms. The van der Waals surface area contributed by atoms with E-state index in [1.54, 1.807) is 0 Å². The monoisotopic (exact) mass is 203 g/mol. The van der Waals surface area contributed by atoms with Gasteiger partial charge in [-0.25, -0.2) is 4.98 Å². The van der Waals surface area contributed by atoms with Crippen molar-refractivity contribution in [3.63, 3.8) is 0 Å². The number of nitrogens with two attached hydrogens (primary N) is 1. The normalized spacial score (nSPS) is 12.2. The summed E-state index contributed by atoms with van der Waals surface area (Å²) in [5.74, 6) is 0. The second kappa shape index (κ2) is 3.66. The van der Waals surface area contributed by atoms with Gasteiger partial charge in [0.05, 0.1) is 0 Å². The predicted octanol–water partition coefficient (Wildman–Crippen LogP) is 1.96. The predicted molar refractivity (Wildman–Crippen MR) is 61.9 cm³/mol. The van der Waals surface area contributed by atoms with Gasteiger partial charge in [-0.2, -0.15) is 0 Å². The molecule has 0 saturated heterocycles. The van der Waals surface area contributed by atoms with Crippen LogP contribution < -0.4 is 5.73 Å². The summed E-state index contributed by atoms with van der Waals surface area (Å²) in [4.78, 5) is 4.39. The van der Waals surface area contributed by atoms with Gasteiger partial charge in [-0.05, 0) is 25.1 Å². The second-order valence-corrected chi connectivity index (χ2v) is 4.49. The van der Waals surface area contributed by atoms with E-state index in [0.717, 1.165) is 12.1 Å². The van der Waals surface area contributed by atoms with Crippen LogP contribution in [0.1, 0.15) is 26.0 Å². The summed E-state index contributed by atoms with van der Waals surface area (Å²) in [5, 5.41) is 0. The Hall–Kier alpha value is -1.35. The van der Waals surface area contributed by atoms with Crippen LogP contribution in [0.4, 0.5) is 0 Å². The number of rotatable bonds is 3. The molecule has 3 nitrogen and oxygen atoms in total. The number of hydrogen-bond donors (Lipinski definition) is 1. The van der Waals surface area contributed by atoms with Crippen LogP contribution in [0.2, 0.25) is 0 Å². The number of fused-ring (bicyclic) bond motifs is 1.